The molecule has 3 heterocycles. The number of rotatable bonds is 11. The van der Waals surface area contributed by atoms with Crippen molar-refractivity contribution in [3.8, 4) is 0 Å². The van der Waals surface area contributed by atoms with Gasteiger partial charge in [-0.15, -0.1) is 0 Å². The van der Waals surface area contributed by atoms with Gasteiger partial charge in [0.15, 0.2) is 0 Å². The molecule has 1 aliphatic carbocycles. The second kappa shape index (κ2) is 30.6. The molecule has 2 saturated heterocycles. The van der Waals surface area contributed by atoms with Gasteiger partial charge in [-0.3, -0.25) is 9.59 Å². The van der Waals surface area contributed by atoms with Crippen molar-refractivity contribution in [2.24, 2.45) is 45.8 Å². The number of Topliss-reactive ketones (excluding diaryl/α,β-unsaturated/α-hetero) is 1. The molecule has 3 aliphatic heterocycles. The maximum atomic E-state index is 14.7. The summed E-state index contributed by atoms with van der Waals surface area (Å²) in [4.78, 5) is 53.7. The normalized spacial score (nSPS) is 37.2. The molecule has 428 valence electrons. The molecule has 0 radical (unpaired) electrons. The number of allylic oxidation sites excluding steroid dienone is 5. The molecule has 3 N–H and O–H groups in total. The van der Waals surface area contributed by atoms with Crippen LogP contribution in [0.3, 0.4) is 0 Å². The highest BCUT2D eigenvalue weighted by Crippen LogP contribution is 2.38. The number of esters is 1. The second-order valence-electron chi connectivity index (χ2n) is 22.2. The van der Waals surface area contributed by atoms with E-state index in [1.165, 1.54) is 12.0 Å². The Morgan fingerprint density at radius 1 is 0.870 bits per heavy atom. The molecular weight excluding hydrogens is 987 g/mol. The molecule has 77 heavy (non-hydrogen) atoms. The van der Waals surface area contributed by atoms with E-state index in [4.69, 9.17) is 38.8 Å². The number of fused-ring (bicyclic) bond motifs is 3. The fraction of sp³-hybridized carbons (Fsp3) is 0.695. The molecule has 1 aromatic carbocycles. The summed E-state index contributed by atoms with van der Waals surface area (Å²) in [6.07, 6.45) is 12.7. The van der Waals surface area contributed by atoms with Crippen LogP contribution in [0.4, 0.5) is 5.69 Å². The van der Waals surface area contributed by atoms with E-state index in [9.17, 15) is 29.7 Å². The molecule has 1 aromatic rings. The number of carbonyl (C=O) groups excluding carboxylic acids is 3. The lowest BCUT2D eigenvalue weighted by atomic mass is 9.78. The first-order valence-corrected chi connectivity index (χ1v) is 27.8. The van der Waals surface area contributed by atoms with Crippen LogP contribution >= 0.6 is 0 Å². The maximum Gasteiger partial charge on any atom is 0.329 e. The summed E-state index contributed by atoms with van der Waals surface area (Å²) in [6, 6.07) is 5.93. The molecule has 18 heteroatoms. The number of aliphatic hydroxyl groups excluding tert-OH is 2. The van der Waals surface area contributed by atoms with Gasteiger partial charge in [0.2, 0.25) is 5.79 Å². The summed E-state index contributed by atoms with van der Waals surface area (Å²) in [7, 11) is 6.32. The van der Waals surface area contributed by atoms with Gasteiger partial charge in [-0.05, 0) is 124 Å². The van der Waals surface area contributed by atoms with Crippen LogP contribution in [0.15, 0.2) is 82.1 Å². The van der Waals surface area contributed by atoms with Crippen molar-refractivity contribution in [3.63, 3.8) is 0 Å². The number of aliphatic hydroxyl groups is 3. The number of oxime groups is 1. The molecule has 0 unspecified atom stereocenters. The van der Waals surface area contributed by atoms with Gasteiger partial charge in [0.1, 0.15) is 31.0 Å². The number of ketones is 1. The molecule has 0 aromatic heterocycles. The van der Waals surface area contributed by atoms with Gasteiger partial charge in [-0.1, -0.05) is 99.5 Å². The number of hydrogen-bond acceptors (Lipinski definition) is 15. The van der Waals surface area contributed by atoms with Gasteiger partial charge in [-0.2, -0.15) is 0 Å². The van der Waals surface area contributed by atoms with Crippen LogP contribution in [0.1, 0.15) is 131 Å². The number of nitrogens with zero attached hydrogens (tertiary/aromatic N) is 5. The summed E-state index contributed by atoms with van der Waals surface area (Å²) in [5.74, 6) is -6.42. The third-order valence-corrected chi connectivity index (χ3v) is 16.4. The predicted octanol–water partition coefficient (Wildman–Crippen LogP) is 9.57. The smallest absolute Gasteiger partial charge is 0.329 e. The Morgan fingerprint density at radius 2 is 1.62 bits per heavy atom. The van der Waals surface area contributed by atoms with Crippen LogP contribution < -0.4 is 0 Å². The minimum Gasteiger partial charge on any atom is -0.460 e. The number of methoxy groups -OCH3 is 4. The molecule has 3 fully saturated rings. The zero-order valence-corrected chi connectivity index (χ0v) is 47.5. The highest BCUT2D eigenvalue weighted by Gasteiger charge is 2.53. The van der Waals surface area contributed by atoms with E-state index in [2.05, 4.69) is 28.2 Å². The van der Waals surface area contributed by atoms with Gasteiger partial charge in [0.25, 0.3) is 11.7 Å². The third kappa shape index (κ3) is 17.4. The predicted molar refractivity (Wildman–Crippen MR) is 293 cm³/mol. The van der Waals surface area contributed by atoms with E-state index in [0.717, 1.165) is 17.6 Å². The Hall–Kier alpha value is -4.75. The first kappa shape index (κ1) is 63.1. The van der Waals surface area contributed by atoms with Crippen molar-refractivity contribution in [1.29, 1.82) is 0 Å². The fourth-order valence-electron chi connectivity index (χ4n) is 11.7. The van der Waals surface area contributed by atoms with Crippen LogP contribution in [-0.2, 0) is 54.2 Å². The first-order chi connectivity index (χ1) is 36.8. The Bertz CT molecular complexity index is 2300. The highest BCUT2D eigenvalue weighted by molar-refractivity contribution is 6.39. The van der Waals surface area contributed by atoms with Gasteiger partial charge in [-0.25, -0.2) is 4.79 Å². The molecule has 1 amide bonds. The molecule has 1 saturated carbocycles. The minimum atomic E-state index is -2.42. The fourth-order valence-corrected chi connectivity index (χ4v) is 11.7. The van der Waals surface area contributed by atoms with Gasteiger partial charge >= 0.3 is 5.97 Å². The van der Waals surface area contributed by atoms with Crippen molar-refractivity contribution in [1.82, 2.24) is 4.90 Å². The van der Waals surface area contributed by atoms with Gasteiger partial charge < -0.3 is 53.5 Å². The van der Waals surface area contributed by atoms with Gasteiger partial charge in [0, 0.05) is 76.2 Å². The van der Waals surface area contributed by atoms with Crippen molar-refractivity contribution >= 4 is 29.1 Å². The summed E-state index contributed by atoms with van der Waals surface area (Å²) in [6.45, 7) is 13.8. The lowest BCUT2D eigenvalue weighted by molar-refractivity contribution is -0.265. The van der Waals surface area contributed by atoms with Crippen molar-refractivity contribution in [2.75, 3.05) is 35.0 Å². The molecule has 18 nitrogen and oxygen atoms in total. The average Bonchev–Trinajstić information content (AvgIpc) is 3.41. The number of amides is 1. The molecule has 16 atom stereocenters. The van der Waals surface area contributed by atoms with E-state index >= 15 is 0 Å². The molecule has 5 rings (SSSR count). The van der Waals surface area contributed by atoms with Crippen molar-refractivity contribution in [2.45, 2.75) is 193 Å². The number of benzene rings is 1. The Kier molecular flexibility index (Phi) is 25.0. The Labute approximate surface area is 456 Å². The average molecular weight is 1080 g/mol. The minimum absolute atomic E-state index is 0.0532. The van der Waals surface area contributed by atoms with Crippen molar-refractivity contribution in [3.05, 3.63) is 87.9 Å². The molecular formula is C59H89N5O13. The van der Waals surface area contributed by atoms with Crippen LogP contribution in [0.2, 0.25) is 0 Å². The Balaban J connectivity index is 1.54. The summed E-state index contributed by atoms with van der Waals surface area (Å²) in [5, 5.41) is 43.3. The number of hydrogen-bond donors (Lipinski definition) is 3. The lowest BCUT2D eigenvalue weighted by Crippen LogP contribution is -2.61. The van der Waals surface area contributed by atoms with Crippen LogP contribution in [-0.4, -0.2) is 139 Å². The third-order valence-electron chi connectivity index (χ3n) is 16.4. The molecule has 0 spiro atoms. The maximum absolute atomic E-state index is 14.7. The standard InChI is InChI=1S/C59H89N5O13/c1-36-18-13-12-14-19-37(2)49(71-8)33-46-25-23-42(7)59(70,77-46)56(67)57(68)64-27-16-15-22-47(64)58(69)76-51(39(4)30-43-24-26-48(65)52(32-43)73-10)34-50(72-9)38(3)29-41(6)54(66)55(74-11)53(40(5)28-36)62-75-35-44-20-17-21-45(31-44)61-63-60/h12-14,17-21,29,31,36,38-40,42-43,46-52,54-55,65-66,70H,15-16,22-28,30,32-35H2,1-11H3/b14-12+,18-13+,37-19+,41-29+,62-53?/t36-,38-,39-,40-,42-,43+,46+,47+,48-,49+,50-,51+,52-,54-,55+,59-/m1/s1. The number of carbonyl (C=O) groups is 3. The number of piperidine rings is 1. The summed E-state index contributed by atoms with van der Waals surface area (Å²) in [5.41, 5.74) is 12.2. The quantitative estimate of drug-likeness (QED) is 0.0356. The van der Waals surface area contributed by atoms with Crippen LogP contribution in [0.25, 0.3) is 10.4 Å². The summed E-state index contributed by atoms with van der Waals surface area (Å²) >= 11 is 0. The highest BCUT2D eigenvalue weighted by atomic mass is 16.6. The van der Waals surface area contributed by atoms with E-state index in [1.807, 2.05) is 71.1 Å². The van der Waals surface area contributed by atoms with Gasteiger partial charge in [0.05, 0.1) is 36.2 Å². The first-order valence-electron chi connectivity index (χ1n) is 27.8. The monoisotopic (exact) mass is 1080 g/mol. The number of ether oxygens (including phenoxy) is 6. The van der Waals surface area contributed by atoms with E-state index in [-0.39, 0.29) is 61.7 Å². The second-order valence-corrected chi connectivity index (χ2v) is 22.2. The van der Waals surface area contributed by atoms with Crippen molar-refractivity contribution < 1.29 is 63.0 Å². The molecule has 4 aliphatic rings. The largest absolute Gasteiger partial charge is 0.460 e. The lowest BCUT2D eigenvalue weighted by Gasteiger charge is -2.43. The Morgan fingerprint density at radius 3 is 2.32 bits per heavy atom. The van der Waals surface area contributed by atoms with E-state index < -0.39 is 78.1 Å². The zero-order valence-electron chi connectivity index (χ0n) is 47.5. The molecule has 2 bridgehead atoms. The number of cyclic esters (lactones) is 1. The zero-order chi connectivity index (χ0) is 56.4. The topological polar surface area (TPSA) is 241 Å². The SMILES string of the molecule is CO[C@H]1C[C@@H]2CC[C@@H](C)[C@@](O)(O2)C(=O)C(=O)N2CCCC[C@H]2C(=O)O[C@H]([C@H](C)C[C@@H]2CC[C@@H](O)[C@H](OC)C2)C[C@@H](OC)[C@H](C)/C=C(\C)[C@@H](O)[C@@H](OC)C(=NOCc2cccc(N=[N+]=[N-])c2)[C@H](C)C[C@H](C)/C=C/C=C/C=C/1C. The summed E-state index contributed by atoms with van der Waals surface area (Å²) < 4.78 is 36.6. The van der Waals surface area contributed by atoms with Crippen LogP contribution in [0, 0.1) is 35.5 Å². The number of azide groups is 1. The van der Waals surface area contributed by atoms with E-state index in [1.54, 1.807) is 46.5 Å². The van der Waals surface area contributed by atoms with Crippen LogP contribution in [0.5, 0.6) is 0 Å². The van der Waals surface area contributed by atoms with E-state index in [0.29, 0.717) is 74.8 Å².